The zero-order valence-electron chi connectivity index (χ0n) is 15.0. The van der Waals surface area contributed by atoms with E-state index in [9.17, 15) is 19.2 Å². The Balaban J connectivity index is 2.01. The summed E-state index contributed by atoms with van der Waals surface area (Å²) < 4.78 is 5.26. The molecule has 0 saturated heterocycles. The Morgan fingerprint density at radius 3 is 2.33 bits per heavy atom. The van der Waals surface area contributed by atoms with Crippen LogP contribution in [0.3, 0.4) is 0 Å². The molecule has 0 aliphatic rings. The van der Waals surface area contributed by atoms with Crippen molar-refractivity contribution in [2.24, 2.45) is 0 Å². The molecule has 2 rings (SSSR count). The maximum atomic E-state index is 12.3. The van der Waals surface area contributed by atoms with Gasteiger partial charge in [0.25, 0.3) is 5.91 Å². The minimum atomic E-state index is -1.28. The number of aryl methyl sites for hydroxylation is 1. The first-order valence-corrected chi connectivity index (χ1v) is 9.09. The number of benzene rings is 1. The molecule has 1 atom stereocenters. The smallest absolute Gasteiger partial charge is 0.321 e. The van der Waals surface area contributed by atoms with E-state index in [0.717, 1.165) is 4.88 Å². The van der Waals surface area contributed by atoms with Crippen LogP contribution in [-0.2, 0) is 14.3 Å². The first kappa shape index (κ1) is 20.3. The van der Waals surface area contributed by atoms with E-state index in [2.05, 4.69) is 10.6 Å². The van der Waals surface area contributed by atoms with Gasteiger partial charge in [0, 0.05) is 23.9 Å². The third kappa shape index (κ3) is 6.03. The summed E-state index contributed by atoms with van der Waals surface area (Å²) in [5, 5.41) is 4.36. The molecular weight excluding hydrogens is 368 g/mol. The molecule has 0 fully saturated rings. The summed E-state index contributed by atoms with van der Waals surface area (Å²) in [6, 6.07) is 11.2. The van der Waals surface area contributed by atoms with Gasteiger partial charge in [0.15, 0.2) is 5.78 Å². The van der Waals surface area contributed by atoms with E-state index in [1.165, 1.54) is 18.4 Å². The number of hydrogen-bond donors (Lipinski definition) is 2. The second kappa shape index (κ2) is 9.63. The van der Waals surface area contributed by atoms with Crippen molar-refractivity contribution in [2.75, 3.05) is 7.05 Å². The molecule has 142 valence electrons. The van der Waals surface area contributed by atoms with Gasteiger partial charge in [-0.2, -0.15) is 0 Å². The summed E-state index contributed by atoms with van der Waals surface area (Å²) in [6.45, 7) is 1.89. The summed E-state index contributed by atoms with van der Waals surface area (Å²) in [7, 11) is 1.37. The van der Waals surface area contributed by atoms with Crippen LogP contribution in [0.15, 0.2) is 42.5 Å². The van der Waals surface area contributed by atoms with Crippen LogP contribution in [0.1, 0.15) is 39.1 Å². The van der Waals surface area contributed by atoms with Crippen LogP contribution in [0.2, 0.25) is 0 Å². The highest BCUT2D eigenvalue weighted by atomic mass is 32.1. The number of amides is 3. The van der Waals surface area contributed by atoms with Crippen LogP contribution in [0.4, 0.5) is 4.79 Å². The quantitative estimate of drug-likeness (QED) is 0.561. The van der Waals surface area contributed by atoms with Crippen LogP contribution in [0.5, 0.6) is 0 Å². The monoisotopic (exact) mass is 388 g/mol. The molecule has 2 N–H and O–H groups in total. The Bertz CT molecular complexity index is 832. The second-order valence-electron chi connectivity index (χ2n) is 5.68. The average molecular weight is 388 g/mol. The lowest BCUT2D eigenvalue weighted by atomic mass is 10.1. The van der Waals surface area contributed by atoms with Gasteiger partial charge in [0.1, 0.15) is 0 Å². The molecule has 0 aliphatic heterocycles. The standard InChI is InChI=1S/C19H20N2O5S/c1-12-8-10-15(27-12)14(22)9-11-16(23)26-17(13-6-4-3-5-7-13)18(24)21-19(25)20-2/h3-8,10,17H,9,11H2,1-2H3,(H2,20,21,24,25)/t17-/m0/s1. The fourth-order valence-corrected chi connectivity index (χ4v) is 3.09. The minimum absolute atomic E-state index is 0.0165. The lowest BCUT2D eigenvalue weighted by molar-refractivity contribution is -0.156. The predicted octanol–water partition coefficient (Wildman–Crippen LogP) is 2.76. The van der Waals surface area contributed by atoms with Crippen LogP contribution in [-0.4, -0.2) is 30.7 Å². The molecule has 3 amide bonds. The predicted molar refractivity (Wildman–Crippen MR) is 100 cm³/mol. The van der Waals surface area contributed by atoms with Crippen molar-refractivity contribution >= 4 is 35.0 Å². The minimum Gasteiger partial charge on any atom is -0.447 e. The van der Waals surface area contributed by atoms with E-state index < -0.39 is 24.0 Å². The van der Waals surface area contributed by atoms with Crippen LogP contribution < -0.4 is 10.6 Å². The van der Waals surface area contributed by atoms with Gasteiger partial charge in [-0.1, -0.05) is 30.3 Å². The lowest BCUT2D eigenvalue weighted by Gasteiger charge is -2.17. The van der Waals surface area contributed by atoms with Crippen molar-refractivity contribution in [1.82, 2.24) is 10.6 Å². The summed E-state index contributed by atoms with van der Waals surface area (Å²) in [5.74, 6) is -1.62. The maximum absolute atomic E-state index is 12.3. The molecule has 1 aromatic heterocycles. The number of esters is 1. The maximum Gasteiger partial charge on any atom is 0.321 e. The van der Waals surface area contributed by atoms with Crippen molar-refractivity contribution in [1.29, 1.82) is 0 Å². The fraction of sp³-hybridized carbons (Fsp3) is 0.263. The molecule has 1 heterocycles. The molecule has 0 unspecified atom stereocenters. The van der Waals surface area contributed by atoms with Gasteiger partial charge in [-0.15, -0.1) is 11.3 Å². The number of rotatable bonds is 7. The van der Waals surface area contributed by atoms with Gasteiger partial charge >= 0.3 is 12.0 Å². The number of nitrogens with one attached hydrogen (secondary N) is 2. The third-order valence-corrected chi connectivity index (χ3v) is 4.67. The van der Waals surface area contributed by atoms with Crippen molar-refractivity contribution in [2.45, 2.75) is 25.9 Å². The molecule has 0 bridgehead atoms. The van der Waals surface area contributed by atoms with Crippen LogP contribution >= 0.6 is 11.3 Å². The number of hydrogen-bond acceptors (Lipinski definition) is 6. The van der Waals surface area contributed by atoms with E-state index in [0.29, 0.717) is 10.4 Å². The first-order valence-electron chi connectivity index (χ1n) is 8.27. The fourth-order valence-electron chi connectivity index (χ4n) is 2.25. The highest BCUT2D eigenvalue weighted by molar-refractivity contribution is 7.14. The first-order chi connectivity index (χ1) is 12.9. The van der Waals surface area contributed by atoms with Gasteiger partial charge in [-0.3, -0.25) is 19.7 Å². The lowest BCUT2D eigenvalue weighted by Crippen LogP contribution is -2.41. The SMILES string of the molecule is CNC(=O)NC(=O)[C@@H](OC(=O)CCC(=O)c1ccc(C)s1)c1ccccc1. The number of carbonyl (C=O) groups excluding carboxylic acids is 4. The summed E-state index contributed by atoms with van der Waals surface area (Å²) >= 11 is 1.36. The molecular formula is C19H20N2O5S. The van der Waals surface area contributed by atoms with E-state index in [-0.39, 0.29) is 18.6 Å². The number of imide groups is 1. The van der Waals surface area contributed by atoms with Crippen molar-refractivity contribution in [3.8, 4) is 0 Å². The van der Waals surface area contributed by atoms with E-state index in [1.54, 1.807) is 36.4 Å². The van der Waals surface area contributed by atoms with E-state index >= 15 is 0 Å². The number of carbonyl (C=O) groups is 4. The van der Waals surface area contributed by atoms with Gasteiger partial charge in [-0.25, -0.2) is 4.79 Å². The molecule has 1 aromatic carbocycles. The Morgan fingerprint density at radius 1 is 1.04 bits per heavy atom. The Hall–Kier alpha value is -3.00. The second-order valence-corrected chi connectivity index (χ2v) is 6.97. The van der Waals surface area contributed by atoms with Crippen molar-refractivity contribution < 1.29 is 23.9 Å². The summed E-state index contributed by atoms with van der Waals surface area (Å²) in [6.07, 6.45) is -1.46. The molecule has 8 heteroatoms. The summed E-state index contributed by atoms with van der Waals surface area (Å²) in [5.41, 5.74) is 0.424. The van der Waals surface area contributed by atoms with Crippen LogP contribution in [0.25, 0.3) is 0 Å². The molecule has 7 nitrogen and oxygen atoms in total. The molecule has 0 aliphatic carbocycles. The number of thiophene rings is 1. The number of Topliss-reactive ketones (excluding diaryl/α,β-unsaturated/α-hetero) is 1. The zero-order valence-corrected chi connectivity index (χ0v) is 15.8. The molecule has 2 aromatic rings. The van der Waals surface area contributed by atoms with Gasteiger partial charge in [0.2, 0.25) is 6.10 Å². The third-order valence-electron chi connectivity index (χ3n) is 3.62. The molecule has 0 radical (unpaired) electrons. The van der Waals surface area contributed by atoms with Crippen molar-refractivity contribution in [3.05, 3.63) is 57.8 Å². The van der Waals surface area contributed by atoms with E-state index in [4.69, 9.17) is 4.74 Å². The van der Waals surface area contributed by atoms with Gasteiger partial charge in [0.05, 0.1) is 11.3 Å². The normalized spacial score (nSPS) is 11.3. The van der Waals surface area contributed by atoms with E-state index in [1.807, 2.05) is 13.0 Å². The number of ketones is 1. The largest absolute Gasteiger partial charge is 0.447 e. The average Bonchev–Trinajstić information content (AvgIpc) is 3.11. The number of ether oxygens (including phenoxy) is 1. The Labute approximate surface area is 160 Å². The highest BCUT2D eigenvalue weighted by Crippen LogP contribution is 2.20. The molecule has 27 heavy (non-hydrogen) atoms. The van der Waals surface area contributed by atoms with Gasteiger partial charge in [-0.05, 0) is 19.1 Å². The zero-order chi connectivity index (χ0) is 19.8. The summed E-state index contributed by atoms with van der Waals surface area (Å²) in [4.78, 5) is 49.6. The molecule has 0 spiro atoms. The van der Waals surface area contributed by atoms with Crippen LogP contribution in [0, 0.1) is 6.92 Å². The Kier molecular flexibility index (Phi) is 7.25. The number of urea groups is 1. The highest BCUT2D eigenvalue weighted by Gasteiger charge is 2.26. The topological polar surface area (TPSA) is 102 Å². The Morgan fingerprint density at radius 2 is 1.74 bits per heavy atom. The van der Waals surface area contributed by atoms with Crippen molar-refractivity contribution in [3.63, 3.8) is 0 Å². The van der Waals surface area contributed by atoms with Gasteiger partial charge < -0.3 is 10.1 Å². The molecule has 0 saturated carbocycles.